The second-order valence-electron chi connectivity index (χ2n) is 6.66. The molecule has 0 atom stereocenters. The number of amidine groups is 1. The Balaban J connectivity index is 1.94. The van der Waals surface area contributed by atoms with Gasteiger partial charge in [0, 0.05) is 12.6 Å². The predicted molar refractivity (Wildman–Crippen MR) is 120 cm³/mol. The van der Waals surface area contributed by atoms with E-state index in [9.17, 15) is 9.90 Å². The van der Waals surface area contributed by atoms with Crippen molar-refractivity contribution in [2.45, 2.75) is 20.3 Å². The van der Waals surface area contributed by atoms with Crippen molar-refractivity contribution in [3.05, 3.63) is 70.6 Å². The molecule has 2 aromatic rings. The number of carbonyl (C=O) groups excluding carboxylic acids is 1. The molecule has 2 aromatic carbocycles. The summed E-state index contributed by atoms with van der Waals surface area (Å²) in [5.74, 6) is 0.395. The molecule has 0 aliphatic carbocycles. The topological polar surface area (TPSA) is 62.1 Å². The van der Waals surface area contributed by atoms with Crippen LogP contribution in [0.1, 0.15) is 23.6 Å². The summed E-state index contributed by atoms with van der Waals surface area (Å²) >= 11 is 1.33. The van der Waals surface area contributed by atoms with Crippen molar-refractivity contribution in [2.24, 2.45) is 4.99 Å². The quantitative estimate of drug-likeness (QED) is 0.536. The molecular formula is C23H24N2O3S. The number of phenols is 1. The van der Waals surface area contributed by atoms with Gasteiger partial charge in [-0.2, -0.15) is 0 Å². The average molecular weight is 409 g/mol. The summed E-state index contributed by atoms with van der Waals surface area (Å²) in [6, 6.07) is 11.4. The molecule has 1 aliphatic rings. The van der Waals surface area contributed by atoms with Gasteiger partial charge in [-0.15, -0.1) is 6.58 Å². The Bertz CT molecular complexity index is 994. The number of aromatic hydroxyl groups is 1. The number of aliphatic imine (C=N–C) groups is 1. The number of likely N-dealkylation sites (N-methyl/N-ethyl adjacent to an activating group) is 1. The van der Waals surface area contributed by atoms with E-state index in [2.05, 4.69) is 11.6 Å². The van der Waals surface area contributed by atoms with Gasteiger partial charge in [0.25, 0.3) is 5.91 Å². The van der Waals surface area contributed by atoms with E-state index in [1.165, 1.54) is 11.8 Å². The second kappa shape index (κ2) is 9.01. The maximum absolute atomic E-state index is 12.7. The van der Waals surface area contributed by atoms with Crippen LogP contribution in [-0.4, -0.2) is 34.7 Å². The van der Waals surface area contributed by atoms with E-state index in [0.717, 1.165) is 16.8 Å². The number of rotatable bonds is 6. The highest BCUT2D eigenvalue weighted by Crippen LogP contribution is 2.36. The molecule has 0 unspecified atom stereocenters. The molecular weight excluding hydrogens is 384 g/mol. The van der Waals surface area contributed by atoms with Gasteiger partial charge in [0.1, 0.15) is 0 Å². The van der Waals surface area contributed by atoms with E-state index in [1.807, 2.05) is 44.2 Å². The van der Waals surface area contributed by atoms with Gasteiger partial charge in [0.05, 0.1) is 17.2 Å². The molecule has 0 saturated carbocycles. The summed E-state index contributed by atoms with van der Waals surface area (Å²) in [7, 11) is 1.72. The van der Waals surface area contributed by atoms with Gasteiger partial charge in [-0.3, -0.25) is 9.69 Å². The van der Waals surface area contributed by atoms with Crippen LogP contribution in [0.4, 0.5) is 5.69 Å². The molecule has 0 spiro atoms. The maximum atomic E-state index is 12.7. The Morgan fingerprint density at radius 3 is 2.66 bits per heavy atom. The first-order valence-electron chi connectivity index (χ1n) is 9.35. The van der Waals surface area contributed by atoms with Crippen LogP contribution >= 0.6 is 11.8 Å². The van der Waals surface area contributed by atoms with Crippen LogP contribution in [0.25, 0.3) is 6.08 Å². The van der Waals surface area contributed by atoms with Crippen LogP contribution in [0.15, 0.2) is 59.0 Å². The fourth-order valence-electron chi connectivity index (χ4n) is 2.88. The number of aryl methyl sites for hydroxylation is 1. The number of hydrogen-bond acceptors (Lipinski definition) is 5. The van der Waals surface area contributed by atoms with Crippen molar-refractivity contribution >= 4 is 34.6 Å². The molecule has 6 heteroatoms. The minimum absolute atomic E-state index is 0.109. The van der Waals surface area contributed by atoms with Gasteiger partial charge in [-0.25, -0.2) is 4.99 Å². The van der Waals surface area contributed by atoms with E-state index >= 15 is 0 Å². The number of benzene rings is 2. The monoisotopic (exact) mass is 408 g/mol. The lowest BCUT2D eigenvalue weighted by molar-refractivity contribution is -0.121. The maximum Gasteiger partial charge on any atom is 0.266 e. The number of carbonyl (C=O) groups is 1. The van der Waals surface area contributed by atoms with Crippen molar-refractivity contribution in [3.8, 4) is 11.5 Å². The van der Waals surface area contributed by atoms with E-state index in [1.54, 1.807) is 30.2 Å². The summed E-state index contributed by atoms with van der Waals surface area (Å²) in [5, 5.41) is 11.0. The highest BCUT2D eigenvalue weighted by molar-refractivity contribution is 8.18. The van der Waals surface area contributed by atoms with Crippen molar-refractivity contribution in [3.63, 3.8) is 0 Å². The summed E-state index contributed by atoms with van der Waals surface area (Å²) in [4.78, 5) is 19.4. The van der Waals surface area contributed by atoms with Gasteiger partial charge in [0.2, 0.25) is 0 Å². The van der Waals surface area contributed by atoms with Crippen LogP contribution in [0.5, 0.6) is 11.5 Å². The Morgan fingerprint density at radius 2 is 2.00 bits per heavy atom. The molecule has 5 nitrogen and oxygen atoms in total. The van der Waals surface area contributed by atoms with Gasteiger partial charge in [-0.05, 0) is 67.9 Å². The lowest BCUT2D eigenvalue weighted by Gasteiger charge is -2.11. The minimum Gasteiger partial charge on any atom is -0.504 e. The van der Waals surface area contributed by atoms with E-state index < -0.39 is 0 Å². The van der Waals surface area contributed by atoms with Crippen molar-refractivity contribution in [2.75, 3.05) is 13.7 Å². The Morgan fingerprint density at radius 1 is 1.28 bits per heavy atom. The smallest absolute Gasteiger partial charge is 0.266 e. The number of allylic oxidation sites excluding steroid dienone is 1. The summed E-state index contributed by atoms with van der Waals surface area (Å²) < 4.78 is 5.55. The third-order valence-electron chi connectivity index (χ3n) is 4.40. The number of ether oxygens (including phenoxy) is 1. The molecule has 0 bridgehead atoms. The molecule has 1 amide bonds. The first kappa shape index (κ1) is 20.7. The normalized spacial score (nSPS) is 16.7. The number of hydrogen-bond donors (Lipinski definition) is 1. The number of amides is 1. The first-order valence-corrected chi connectivity index (χ1v) is 10.2. The Kier molecular flexibility index (Phi) is 6.44. The van der Waals surface area contributed by atoms with Crippen molar-refractivity contribution in [1.82, 2.24) is 4.90 Å². The van der Waals surface area contributed by atoms with Crippen LogP contribution in [0, 0.1) is 6.92 Å². The van der Waals surface area contributed by atoms with Crippen LogP contribution in [0.2, 0.25) is 0 Å². The Labute approximate surface area is 175 Å². The number of phenolic OH excluding ortho intramolecular Hbond substituents is 1. The highest BCUT2D eigenvalue weighted by atomic mass is 32.2. The summed E-state index contributed by atoms with van der Waals surface area (Å²) in [5.41, 5.74) is 3.44. The van der Waals surface area contributed by atoms with Crippen molar-refractivity contribution < 1.29 is 14.6 Å². The highest BCUT2D eigenvalue weighted by Gasteiger charge is 2.30. The zero-order valence-corrected chi connectivity index (χ0v) is 17.6. The van der Waals surface area contributed by atoms with Crippen LogP contribution in [0.3, 0.4) is 0 Å². The fraction of sp³-hybridized carbons (Fsp3) is 0.217. The average Bonchev–Trinajstić information content (AvgIpc) is 2.95. The predicted octanol–water partition coefficient (Wildman–Crippen LogP) is 5.06. The van der Waals surface area contributed by atoms with Gasteiger partial charge in [0.15, 0.2) is 16.7 Å². The van der Waals surface area contributed by atoms with Crippen LogP contribution < -0.4 is 4.74 Å². The van der Waals surface area contributed by atoms with Gasteiger partial charge < -0.3 is 9.84 Å². The molecule has 1 heterocycles. The lowest BCUT2D eigenvalue weighted by atomic mass is 10.1. The molecule has 1 N–H and O–H groups in total. The molecule has 1 saturated heterocycles. The standard InChI is InChI=1S/C23H24N2O3S/c1-5-7-17-12-16(13-19(21(17)26)28-6-2)14-20-22(27)25(4)23(29-20)24-18-10-8-15(3)9-11-18/h5,8-14,26H,1,6-7H2,2-4H3. The first-order chi connectivity index (χ1) is 13.9. The van der Waals surface area contributed by atoms with Gasteiger partial charge >= 0.3 is 0 Å². The molecule has 150 valence electrons. The zero-order chi connectivity index (χ0) is 21.0. The van der Waals surface area contributed by atoms with E-state index in [0.29, 0.717) is 34.4 Å². The molecule has 3 rings (SSSR count). The third kappa shape index (κ3) is 4.71. The molecule has 1 aliphatic heterocycles. The lowest BCUT2D eigenvalue weighted by Crippen LogP contribution is -2.23. The summed E-state index contributed by atoms with van der Waals surface area (Å²) in [6.07, 6.45) is 4.02. The van der Waals surface area contributed by atoms with E-state index in [-0.39, 0.29) is 11.7 Å². The van der Waals surface area contributed by atoms with E-state index in [4.69, 9.17) is 4.74 Å². The molecule has 0 radical (unpaired) electrons. The molecule has 29 heavy (non-hydrogen) atoms. The van der Waals surface area contributed by atoms with Gasteiger partial charge in [-0.1, -0.05) is 23.8 Å². The fourth-order valence-corrected chi connectivity index (χ4v) is 3.87. The van der Waals surface area contributed by atoms with Crippen molar-refractivity contribution in [1.29, 1.82) is 0 Å². The number of thioether (sulfide) groups is 1. The Hall–Kier alpha value is -2.99. The molecule has 1 fully saturated rings. The summed E-state index contributed by atoms with van der Waals surface area (Å²) in [6.45, 7) is 8.05. The molecule has 0 aromatic heterocycles. The largest absolute Gasteiger partial charge is 0.504 e. The third-order valence-corrected chi connectivity index (χ3v) is 5.46. The second-order valence-corrected chi connectivity index (χ2v) is 7.67. The number of nitrogens with zero attached hydrogens (tertiary/aromatic N) is 2. The minimum atomic E-state index is -0.114. The zero-order valence-electron chi connectivity index (χ0n) is 16.8. The SMILES string of the molecule is C=CCc1cc(C=C2SC(=Nc3ccc(C)cc3)N(C)C2=O)cc(OCC)c1O. The van der Waals surface area contributed by atoms with Crippen LogP contribution in [-0.2, 0) is 11.2 Å².